The van der Waals surface area contributed by atoms with Gasteiger partial charge in [0.25, 0.3) is 0 Å². The smallest absolute Gasteiger partial charge is 0.677 e. The van der Waals surface area contributed by atoms with Crippen LogP contribution >= 0.6 is 8.25 Å². The number of nitrogens with one attached hydrogen (secondary N) is 2. The van der Waals surface area contributed by atoms with Crippen molar-refractivity contribution in [2.24, 2.45) is 11.8 Å². The molecule has 0 aliphatic heterocycles. The Labute approximate surface area is 182 Å². The first-order valence-electron chi connectivity index (χ1n) is 8.83. The summed E-state index contributed by atoms with van der Waals surface area (Å²) in [5.41, 5.74) is 7.42. The first-order valence-corrected chi connectivity index (χ1v) is 9.93. The van der Waals surface area contributed by atoms with Crippen LogP contribution in [0.3, 0.4) is 0 Å². The van der Waals surface area contributed by atoms with Gasteiger partial charge in [-0.05, 0) is 30.5 Å². The minimum atomic E-state index is -3.04. The molecule has 0 radical (unpaired) electrons. The van der Waals surface area contributed by atoms with E-state index in [4.69, 9.17) is 30.7 Å². The van der Waals surface area contributed by atoms with E-state index in [2.05, 4.69) is 16.9 Å². The Morgan fingerprint density at radius 2 is 1.82 bits per heavy atom. The molecule has 0 saturated heterocycles. The summed E-state index contributed by atoms with van der Waals surface area (Å²) in [6, 6.07) is 0.142. The molecule has 1 aliphatic carbocycles. The molecule has 1 aliphatic rings. The average molecular weight is 607 g/mol. The number of carboxylic acids is 2. The SMILES string of the molecule is CCNCCCCC(C(=O)O)C(=O)O.O=[P+]([O-])OO.[CH2-]C1CCCCC1[NH-].[HH].[Pt+2]. The summed E-state index contributed by atoms with van der Waals surface area (Å²) < 4.78 is 11.6. The topological polar surface area (TPSA) is 180 Å². The Balaban J connectivity index is -0.000000177. The number of unbranched alkanes of at least 4 members (excludes halogenated alkanes) is 1. The Hall–Kier alpha value is -0.472. The summed E-state index contributed by atoms with van der Waals surface area (Å²) in [6.45, 7) is 7.56. The van der Waals surface area contributed by atoms with Crippen molar-refractivity contribution in [3.05, 3.63) is 12.7 Å². The van der Waals surface area contributed by atoms with E-state index in [1.165, 1.54) is 19.3 Å². The molecule has 170 valence electrons. The summed E-state index contributed by atoms with van der Waals surface area (Å²) in [5, 5.41) is 27.2. The van der Waals surface area contributed by atoms with E-state index in [0.717, 1.165) is 25.9 Å². The summed E-state index contributed by atoms with van der Waals surface area (Å²) >= 11 is 0. The number of hydrogen-bond acceptors (Lipinski definition) is 7. The molecule has 0 aromatic carbocycles. The Bertz CT molecular complexity index is 414. The van der Waals surface area contributed by atoms with E-state index in [1.54, 1.807) is 0 Å². The van der Waals surface area contributed by atoms with Crippen molar-refractivity contribution in [3.8, 4) is 0 Å². The maximum absolute atomic E-state index is 10.5. The maximum atomic E-state index is 10.5. The molecule has 3 unspecified atom stereocenters. The minimum Gasteiger partial charge on any atom is -0.677 e. The molecule has 0 heterocycles. The number of carbonyl (C=O) groups is 2. The first kappa shape index (κ1) is 32.2. The molecular formula is C16H33N2O8PPt. The van der Waals surface area contributed by atoms with E-state index in [1.807, 2.05) is 6.92 Å². The fraction of sp³-hybridized carbons (Fsp3) is 0.812. The largest absolute Gasteiger partial charge is 2.00 e. The molecule has 1 rings (SSSR count). The molecule has 1 saturated carbocycles. The van der Waals surface area contributed by atoms with E-state index in [-0.39, 0.29) is 35.0 Å². The van der Waals surface area contributed by atoms with Crippen LogP contribution < -0.4 is 10.2 Å². The van der Waals surface area contributed by atoms with Crippen molar-refractivity contribution in [1.82, 2.24) is 5.32 Å². The normalized spacial score (nSPS) is 18.6. The molecule has 5 N–H and O–H groups in total. The van der Waals surface area contributed by atoms with Gasteiger partial charge in [-0.2, -0.15) is 12.0 Å². The maximum Gasteiger partial charge on any atom is 2.00 e. The van der Waals surface area contributed by atoms with Crippen molar-refractivity contribution >= 4 is 20.2 Å². The molecular weight excluding hydrogens is 574 g/mol. The molecule has 0 amide bonds. The predicted octanol–water partition coefficient (Wildman–Crippen LogP) is 2.72. The molecule has 10 nitrogen and oxygen atoms in total. The second-order valence-electron chi connectivity index (χ2n) is 6.03. The minimum absolute atomic E-state index is 0. The molecule has 0 spiro atoms. The third kappa shape index (κ3) is 20.3. The van der Waals surface area contributed by atoms with Crippen molar-refractivity contribution < 1.29 is 61.7 Å². The monoisotopic (exact) mass is 607 g/mol. The standard InChI is InChI=1S/C9H17NO4.C7H13N.HO4P.Pt.H2/c1-2-10-6-4-3-5-7(8(11)12)9(13)14;1-6-4-2-3-5-7(6)8;1-4-5(2)3;;/h7,10H,2-6H2,1H3,(H,11,12)(H,13,14);6-8H,1-5H2;1H;;1H/q;-2;;+2;. The zero-order valence-corrected chi connectivity index (χ0v) is 19.1. The van der Waals surface area contributed by atoms with Gasteiger partial charge in [-0.1, -0.05) is 39.0 Å². The van der Waals surface area contributed by atoms with Crippen LogP contribution in [0.25, 0.3) is 5.73 Å². The van der Waals surface area contributed by atoms with Gasteiger partial charge in [0, 0.05) is 6.10 Å². The van der Waals surface area contributed by atoms with Crippen LogP contribution in [0.5, 0.6) is 0 Å². The second-order valence-corrected chi connectivity index (χ2v) is 6.65. The molecule has 1 fully saturated rings. The van der Waals surface area contributed by atoms with Crippen molar-refractivity contribution in [3.63, 3.8) is 0 Å². The van der Waals surface area contributed by atoms with Gasteiger partial charge in [0.1, 0.15) is 0 Å². The quantitative estimate of drug-likeness (QED) is 0.0766. The third-order valence-corrected chi connectivity index (χ3v) is 4.05. The van der Waals surface area contributed by atoms with Crippen molar-refractivity contribution in [2.45, 2.75) is 57.9 Å². The molecule has 0 bridgehead atoms. The van der Waals surface area contributed by atoms with E-state index in [0.29, 0.717) is 12.3 Å². The average Bonchev–Trinajstić information content (AvgIpc) is 2.61. The summed E-state index contributed by atoms with van der Waals surface area (Å²) in [6.07, 6.45) is 6.43. The van der Waals surface area contributed by atoms with Crippen molar-refractivity contribution in [1.29, 1.82) is 0 Å². The Kier molecular flexibility index (Phi) is 24.4. The van der Waals surface area contributed by atoms with E-state index < -0.39 is 26.1 Å². The Morgan fingerprint density at radius 1 is 1.32 bits per heavy atom. The zero-order valence-electron chi connectivity index (χ0n) is 15.9. The number of hydrogen-bond donors (Lipinski definition) is 4. The Morgan fingerprint density at radius 3 is 2.14 bits per heavy atom. The van der Waals surface area contributed by atoms with E-state index in [9.17, 15) is 9.59 Å². The first-order chi connectivity index (χ1) is 12.7. The third-order valence-electron chi connectivity index (χ3n) is 3.92. The van der Waals surface area contributed by atoms with Crippen LogP contribution in [0.1, 0.15) is 53.3 Å². The number of rotatable bonds is 9. The number of carboxylic acid groups (broad SMARTS) is 2. The predicted molar refractivity (Wildman–Crippen MR) is 100 cm³/mol. The summed E-state index contributed by atoms with van der Waals surface area (Å²) in [5.74, 6) is -3.33. The fourth-order valence-electron chi connectivity index (χ4n) is 2.34. The summed E-state index contributed by atoms with van der Waals surface area (Å²) in [4.78, 5) is 29.9. The molecule has 28 heavy (non-hydrogen) atoms. The van der Waals surface area contributed by atoms with Crippen molar-refractivity contribution in [2.75, 3.05) is 13.1 Å². The van der Waals surface area contributed by atoms with Crippen LogP contribution in [0, 0.1) is 18.8 Å². The molecule has 3 atom stereocenters. The zero-order chi connectivity index (χ0) is 21.2. The van der Waals surface area contributed by atoms with Gasteiger partial charge < -0.3 is 33.1 Å². The summed E-state index contributed by atoms with van der Waals surface area (Å²) in [7, 11) is -3.04. The van der Waals surface area contributed by atoms with Gasteiger partial charge >= 0.3 is 41.3 Å². The van der Waals surface area contributed by atoms with Gasteiger partial charge in [0.15, 0.2) is 5.92 Å². The molecule has 12 heteroatoms. The van der Waals surface area contributed by atoms with Gasteiger partial charge in [0.2, 0.25) is 0 Å². The van der Waals surface area contributed by atoms with Gasteiger partial charge in [0.05, 0.1) is 0 Å². The molecule has 0 aromatic heterocycles. The van der Waals surface area contributed by atoms with Crippen LogP contribution in [-0.2, 0) is 39.9 Å². The molecule has 0 aromatic rings. The van der Waals surface area contributed by atoms with Crippen LogP contribution in [0.4, 0.5) is 0 Å². The van der Waals surface area contributed by atoms with E-state index >= 15 is 0 Å². The van der Waals surface area contributed by atoms with Gasteiger partial charge in [-0.3, -0.25) is 9.59 Å². The fourth-order valence-corrected chi connectivity index (χ4v) is 2.34. The van der Waals surface area contributed by atoms with Crippen LogP contribution in [0.15, 0.2) is 0 Å². The van der Waals surface area contributed by atoms with Crippen LogP contribution in [0.2, 0.25) is 0 Å². The van der Waals surface area contributed by atoms with Crippen LogP contribution in [-0.4, -0.2) is 46.5 Å². The second kappa shape index (κ2) is 21.2. The number of aliphatic carboxylic acids is 2. The van der Waals surface area contributed by atoms with Gasteiger partial charge in [-0.15, -0.1) is 0 Å². The van der Waals surface area contributed by atoms with Gasteiger partial charge in [-0.25, -0.2) is 5.26 Å².